The van der Waals surface area contributed by atoms with Gasteiger partial charge in [-0.1, -0.05) is 0 Å². The van der Waals surface area contributed by atoms with Gasteiger partial charge in [0.15, 0.2) is 11.6 Å². The fraction of sp³-hybridized carbons (Fsp3) is 0.250. The van der Waals surface area contributed by atoms with E-state index in [1.807, 2.05) is 0 Å². The smallest absolute Gasteiger partial charge is 0.357 e. The van der Waals surface area contributed by atoms with E-state index < -0.39 is 5.97 Å². The third-order valence-electron chi connectivity index (χ3n) is 1.30. The molecule has 0 fully saturated rings. The number of nitrogens with one attached hydrogen (secondary N) is 1. The first-order chi connectivity index (χ1) is 6.27. The van der Waals surface area contributed by atoms with Crippen LogP contribution in [0.25, 0.3) is 0 Å². The quantitative estimate of drug-likeness (QED) is 0.471. The van der Waals surface area contributed by atoms with Crippen molar-refractivity contribution in [1.82, 2.24) is 5.32 Å². The van der Waals surface area contributed by atoms with E-state index in [1.165, 1.54) is 12.4 Å². The van der Waals surface area contributed by atoms with E-state index in [2.05, 4.69) is 15.0 Å². The van der Waals surface area contributed by atoms with Gasteiger partial charge in [0, 0.05) is 6.08 Å². The van der Waals surface area contributed by atoms with Crippen molar-refractivity contribution < 1.29 is 14.3 Å². The molecule has 0 saturated heterocycles. The third kappa shape index (κ3) is 2.28. The van der Waals surface area contributed by atoms with Crippen molar-refractivity contribution in [3.8, 4) is 0 Å². The van der Waals surface area contributed by atoms with Crippen LogP contribution in [0.2, 0.25) is 0 Å². The minimum Gasteiger partial charge on any atom is -0.461 e. The van der Waals surface area contributed by atoms with Crippen molar-refractivity contribution in [2.45, 2.75) is 6.92 Å². The molecule has 68 valence electrons. The fourth-order valence-electron chi connectivity index (χ4n) is 0.763. The van der Waals surface area contributed by atoms with Crippen LogP contribution in [0.3, 0.4) is 0 Å². The van der Waals surface area contributed by atoms with E-state index >= 15 is 0 Å². The number of hydrogen-bond donors (Lipinski definition) is 1. The molecular formula is C8H8N2O3. The predicted octanol–water partition coefficient (Wildman–Crippen LogP) is -0.220. The molecular weight excluding hydrogens is 172 g/mol. The van der Waals surface area contributed by atoms with Gasteiger partial charge in [0.25, 0.3) is 0 Å². The molecule has 0 atom stereocenters. The lowest BCUT2D eigenvalue weighted by Crippen LogP contribution is -2.17. The molecule has 0 aromatic rings. The average Bonchev–Trinajstić information content (AvgIpc) is 2.18. The molecule has 1 heterocycles. The summed E-state index contributed by atoms with van der Waals surface area (Å²) in [5.74, 6) is 1.06. The SMILES string of the molecule is CCOC(=O)C1=CC(=C=O)NC=N1. The third-order valence-corrected chi connectivity index (χ3v) is 1.30. The van der Waals surface area contributed by atoms with Crippen LogP contribution in [0, 0.1) is 0 Å². The van der Waals surface area contributed by atoms with E-state index in [-0.39, 0.29) is 18.0 Å². The Labute approximate surface area is 74.8 Å². The molecule has 0 spiro atoms. The van der Waals surface area contributed by atoms with Crippen LogP contribution in [0.15, 0.2) is 22.5 Å². The number of nitrogens with zero attached hydrogens (tertiary/aromatic N) is 1. The second kappa shape index (κ2) is 4.23. The van der Waals surface area contributed by atoms with Crippen LogP contribution >= 0.6 is 0 Å². The second-order valence-electron chi connectivity index (χ2n) is 2.17. The minimum absolute atomic E-state index is 0.0963. The normalized spacial score (nSPS) is 14.2. The lowest BCUT2D eigenvalue weighted by Gasteiger charge is -2.06. The molecule has 5 heteroatoms. The molecule has 1 N–H and O–H groups in total. The molecule has 0 unspecified atom stereocenters. The number of allylic oxidation sites excluding steroid dienone is 1. The summed E-state index contributed by atoms with van der Waals surface area (Å²) in [5.41, 5.74) is 0.261. The Hall–Kier alpha value is -1.87. The van der Waals surface area contributed by atoms with Crippen LogP contribution in [0.4, 0.5) is 0 Å². The lowest BCUT2D eigenvalue weighted by molar-refractivity contribution is -0.138. The lowest BCUT2D eigenvalue weighted by atomic mass is 10.3. The van der Waals surface area contributed by atoms with E-state index in [0.717, 1.165) is 0 Å². The maximum absolute atomic E-state index is 11.1. The van der Waals surface area contributed by atoms with Gasteiger partial charge in [0.05, 0.1) is 12.9 Å². The van der Waals surface area contributed by atoms with Crippen LogP contribution in [0.1, 0.15) is 6.92 Å². The zero-order chi connectivity index (χ0) is 9.68. The number of carbonyl (C=O) groups excluding carboxylic acids is 2. The standard InChI is InChI=1S/C8H8N2O3/c1-2-13-8(12)7-3-6(4-11)9-5-10-7/h3,5H,2H2,1H3,(H,9,10). The second-order valence-corrected chi connectivity index (χ2v) is 2.17. The molecule has 5 nitrogen and oxygen atoms in total. The number of aliphatic imine (C=N–C) groups is 1. The summed E-state index contributed by atoms with van der Waals surface area (Å²) in [6, 6.07) is 0. The largest absolute Gasteiger partial charge is 0.461 e. The van der Waals surface area contributed by atoms with E-state index in [1.54, 1.807) is 12.9 Å². The van der Waals surface area contributed by atoms with Crippen molar-refractivity contribution in [3.05, 3.63) is 17.5 Å². The number of carbonyl (C=O) groups is 1. The Balaban J connectivity index is 2.80. The summed E-state index contributed by atoms with van der Waals surface area (Å²) in [5, 5.41) is 2.51. The Bertz CT molecular complexity index is 324. The van der Waals surface area contributed by atoms with E-state index in [0.29, 0.717) is 0 Å². The number of ether oxygens (including phenoxy) is 1. The summed E-state index contributed by atoms with van der Waals surface area (Å²) in [6.45, 7) is 1.97. The Morgan fingerprint density at radius 2 is 2.54 bits per heavy atom. The van der Waals surface area contributed by atoms with Gasteiger partial charge in [-0.2, -0.15) is 0 Å². The molecule has 0 aromatic carbocycles. The van der Waals surface area contributed by atoms with Gasteiger partial charge in [-0.15, -0.1) is 0 Å². The van der Waals surface area contributed by atoms with Gasteiger partial charge >= 0.3 is 5.97 Å². The summed E-state index contributed by atoms with van der Waals surface area (Å²) in [4.78, 5) is 25.0. The maximum Gasteiger partial charge on any atom is 0.357 e. The molecule has 1 aliphatic rings. The van der Waals surface area contributed by atoms with Crippen molar-refractivity contribution in [1.29, 1.82) is 0 Å². The first-order valence-electron chi connectivity index (χ1n) is 3.71. The topological polar surface area (TPSA) is 67.8 Å². The first-order valence-corrected chi connectivity index (χ1v) is 3.71. The van der Waals surface area contributed by atoms with Gasteiger partial charge in [0.2, 0.25) is 0 Å². The van der Waals surface area contributed by atoms with Crippen molar-refractivity contribution in [2.24, 2.45) is 4.99 Å². The number of esters is 1. The van der Waals surface area contributed by atoms with Gasteiger partial charge in [-0.3, -0.25) is 0 Å². The molecule has 0 saturated carbocycles. The van der Waals surface area contributed by atoms with Gasteiger partial charge in [-0.25, -0.2) is 14.6 Å². The highest BCUT2D eigenvalue weighted by Crippen LogP contribution is 2.05. The first kappa shape index (κ1) is 9.22. The molecule has 0 aromatic heterocycles. The predicted molar refractivity (Wildman–Crippen MR) is 45.6 cm³/mol. The van der Waals surface area contributed by atoms with Crippen LogP contribution in [0.5, 0.6) is 0 Å². The Morgan fingerprint density at radius 1 is 1.77 bits per heavy atom. The van der Waals surface area contributed by atoms with Crippen LogP contribution in [-0.2, 0) is 14.3 Å². The maximum atomic E-state index is 11.1. The van der Waals surface area contributed by atoms with Crippen molar-refractivity contribution in [3.63, 3.8) is 0 Å². The highest BCUT2D eigenvalue weighted by Gasteiger charge is 2.12. The van der Waals surface area contributed by atoms with Crippen molar-refractivity contribution >= 4 is 18.2 Å². The minimum atomic E-state index is -0.548. The van der Waals surface area contributed by atoms with Crippen molar-refractivity contribution in [2.75, 3.05) is 6.61 Å². The zero-order valence-corrected chi connectivity index (χ0v) is 7.03. The van der Waals surface area contributed by atoms with Crippen LogP contribution in [-0.4, -0.2) is 24.9 Å². The fourth-order valence-corrected chi connectivity index (χ4v) is 0.763. The molecule has 0 aliphatic carbocycles. The molecule has 0 bridgehead atoms. The van der Waals surface area contributed by atoms with E-state index in [9.17, 15) is 9.59 Å². The molecule has 13 heavy (non-hydrogen) atoms. The summed E-state index contributed by atoms with van der Waals surface area (Å²) >= 11 is 0. The Morgan fingerprint density at radius 3 is 3.15 bits per heavy atom. The molecule has 1 rings (SSSR count). The van der Waals surface area contributed by atoms with Crippen LogP contribution < -0.4 is 5.32 Å². The number of hydrogen-bond acceptors (Lipinski definition) is 5. The molecule has 1 aliphatic heterocycles. The van der Waals surface area contributed by atoms with Gasteiger partial charge in [-0.05, 0) is 6.92 Å². The van der Waals surface area contributed by atoms with Gasteiger partial charge < -0.3 is 10.1 Å². The highest BCUT2D eigenvalue weighted by molar-refractivity contribution is 5.92. The highest BCUT2D eigenvalue weighted by atomic mass is 16.5. The Kier molecular flexibility index (Phi) is 3.00. The van der Waals surface area contributed by atoms with Gasteiger partial charge in [0.1, 0.15) is 5.70 Å². The molecule has 0 radical (unpaired) electrons. The summed E-state index contributed by atoms with van der Waals surface area (Å²) < 4.78 is 4.68. The summed E-state index contributed by atoms with van der Waals surface area (Å²) in [7, 11) is 0. The van der Waals surface area contributed by atoms with E-state index in [4.69, 9.17) is 0 Å². The average molecular weight is 180 g/mol. The molecule has 0 amide bonds. The zero-order valence-electron chi connectivity index (χ0n) is 7.03. The monoisotopic (exact) mass is 180 g/mol. The number of rotatable bonds is 2. The summed E-state index contributed by atoms with van der Waals surface area (Å²) in [6.07, 6.45) is 2.53.